The lowest BCUT2D eigenvalue weighted by molar-refractivity contribution is -0.151. The first kappa shape index (κ1) is 14.3. The number of hydrogen-bond donors (Lipinski definition) is 0. The minimum absolute atomic E-state index is 0.0304. The van der Waals surface area contributed by atoms with E-state index in [1.165, 1.54) is 0 Å². The SMILES string of the molecule is CN(C)S(=O)(=O)C(F)(F)C(=O)N1CCOCC1. The summed E-state index contributed by atoms with van der Waals surface area (Å²) in [6.45, 7) is 0.197. The average Bonchev–Trinajstić information content (AvgIpc) is 2.28. The fourth-order valence-electron chi connectivity index (χ4n) is 1.29. The largest absolute Gasteiger partial charge is 0.435 e. The third-order valence-electron chi connectivity index (χ3n) is 2.35. The highest BCUT2D eigenvalue weighted by atomic mass is 32.2. The van der Waals surface area contributed by atoms with E-state index in [9.17, 15) is 22.0 Å². The molecule has 0 bridgehead atoms. The molecule has 1 amide bonds. The van der Waals surface area contributed by atoms with E-state index >= 15 is 0 Å². The third kappa shape index (κ3) is 2.55. The Morgan fingerprint density at radius 1 is 1.29 bits per heavy atom. The van der Waals surface area contributed by atoms with Crippen LogP contribution in [0.15, 0.2) is 0 Å². The van der Waals surface area contributed by atoms with E-state index in [-0.39, 0.29) is 26.3 Å². The number of ether oxygens (including phenoxy) is 1. The van der Waals surface area contributed by atoms with Gasteiger partial charge in [-0.3, -0.25) is 4.79 Å². The van der Waals surface area contributed by atoms with Gasteiger partial charge in [0, 0.05) is 27.2 Å². The Labute approximate surface area is 98.2 Å². The second-order valence-corrected chi connectivity index (χ2v) is 5.90. The Balaban J connectivity index is 2.93. The molecule has 100 valence electrons. The molecule has 1 aliphatic heterocycles. The molecule has 1 fully saturated rings. The third-order valence-corrected chi connectivity index (χ3v) is 4.14. The Kier molecular flexibility index (Phi) is 4.05. The molecule has 6 nitrogen and oxygen atoms in total. The number of halogens is 2. The van der Waals surface area contributed by atoms with Crippen LogP contribution in [0.1, 0.15) is 0 Å². The van der Waals surface area contributed by atoms with Crippen molar-refractivity contribution >= 4 is 15.9 Å². The quantitative estimate of drug-likeness (QED) is 0.683. The van der Waals surface area contributed by atoms with Crippen molar-refractivity contribution in [3.8, 4) is 0 Å². The maximum atomic E-state index is 13.6. The molecule has 9 heteroatoms. The molecular weight excluding hydrogens is 258 g/mol. The van der Waals surface area contributed by atoms with Gasteiger partial charge in [-0.2, -0.15) is 8.78 Å². The van der Waals surface area contributed by atoms with Gasteiger partial charge in [0.25, 0.3) is 10.0 Å². The Hall–Kier alpha value is -0.800. The summed E-state index contributed by atoms with van der Waals surface area (Å²) in [7, 11) is -3.05. The lowest BCUT2D eigenvalue weighted by atomic mass is 10.4. The molecule has 0 aromatic carbocycles. The number of rotatable bonds is 3. The van der Waals surface area contributed by atoms with Gasteiger partial charge in [-0.1, -0.05) is 0 Å². The minimum atomic E-state index is -4.96. The topological polar surface area (TPSA) is 66.9 Å². The summed E-state index contributed by atoms with van der Waals surface area (Å²) < 4.78 is 55.0. The molecular formula is C8H14F2N2O4S. The van der Waals surface area contributed by atoms with Gasteiger partial charge in [-0.05, 0) is 0 Å². The highest BCUT2D eigenvalue weighted by molar-refractivity contribution is 7.90. The summed E-state index contributed by atoms with van der Waals surface area (Å²) >= 11 is 0. The van der Waals surface area contributed by atoms with Crippen molar-refractivity contribution in [3.05, 3.63) is 0 Å². The van der Waals surface area contributed by atoms with Gasteiger partial charge in [-0.25, -0.2) is 12.7 Å². The number of alkyl halides is 2. The van der Waals surface area contributed by atoms with Crippen LogP contribution in [0, 0.1) is 0 Å². The highest BCUT2D eigenvalue weighted by Gasteiger charge is 2.56. The first-order valence-corrected chi connectivity index (χ1v) is 6.32. The molecule has 0 aromatic rings. The second-order valence-electron chi connectivity index (χ2n) is 3.71. The van der Waals surface area contributed by atoms with Gasteiger partial charge in [0.1, 0.15) is 0 Å². The zero-order valence-corrected chi connectivity index (χ0v) is 10.3. The van der Waals surface area contributed by atoms with E-state index in [0.717, 1.165) is 19.0 Å². The number of carbonyl (C=O) groups excluding carboxylic acids is 1. The number of carbonyl (C=O) groups is 1. The summed E-state index contributed by atoms with van der Waals surface area (Å²) in [6, 6.07) is 0. The minimum Gasteiger partial charge on any atom is -0.378 e. The van der Waals surface area contributed by atoms with Gasteiger partial charge >= 0.3 is 11.2 Å². The van der Waals surface area contributed by atoms with Crippen LogP contribution in [0.25, 0.3) is 0 Å². The van der Waals surface area contributed by atoms with E-state index in [2.05, 4.69) is 0 Å². The molecule has 0 radical (unpaired) electrons. The van der Waals surface area contributed by atoms with Gasteiger partial charge in [0.15, 0.2) is 0 Å². The van der Waals surface area contributed by atoms with E-state index in [1.807, 2.05) is 0 Å². The zero-order valence-electron chi connectivity index (χ0n) is 9.52. The van der Waals surface area contributed by atoms with Crippen LogP contribution in [0.3, 0.4) is 0 Å². The second kappa shape index (κ2) is 4.83. The lowest BCUT2D eigenvalue weighted by Crippen LogP contribution is -2.54. The van der Waals surface area contributed by atoms with Crippen molar-refractivity contribution in [3.63, 3.8) is 0 Å². The van der Waals surface area contributed by atoms with Crippen LogP contribution in [-0.2, 0) is 19.6 Å². The van der Waals surface area contributed by atoms with Crippen molar-refractivity contribution in [2.75, 3.05) is 40.4 Å². The smallest absolute Gasteiger partial charge is 0.378 e. The van der Waals surface area contributed by atoms with Crippen LogP contribution >= 0.6 is 0 Å². The predicted molar refractivity (Wildman–Crippen MR) is 55.0 cm³/mol. The molecule has 1 aliphatic rings. The first-order chi connectivity index (χ1) is 7.71. The van der Waals surface area contributed by atoms with Crippen LogP contribution < -0.4 is 0 Å². The summed E-state index contributed by atoms with van der Waals surface area (Å²) in [5, 5.41) is -4.44. The van der Waals surface area contributed by atoms with Crippen molar-refractivity contribution in [2.24, 2.45) is 0 Å². The van der Waals surface area contributed by atoms with Crippen LogP contribution in [0.4, 0.5) is 8.78 Å². The molecule has 0 N–H and O–H groups in total. The molecule has 0 unspecified atom stereocenters. The number of amides is 1. The summed E-state index contributed by atoms with van der Waals surface area (Å²) in [5.41, 5.74) is 0. The molecule has 0 atom stereocenters. The molecule has 1 rings (SSSR count). The van der Waals surface area contributed by atoms with Gasteiger partial charge < -0.3 is 9.64 Å². The Morgan fingerprint density at radius 2 is 1.76 bits per heavy atom. The number of sulfonamides is 1. The monoisotopic (exact) mass is 272 g/mol. The molecule has 1 heterocycles. The fraction of sp³-hybridized carbons (Fsp3) is 0.875. The fourth-order valence-corrected chi connectivity index (χ4v) is 2.10. The number of morpholine rings is 1. The summed E-state index contributed by atoms with van der Waals surface area (Å²) in [4.78, 5) is 12.3. The maximum Gasteiger partial charge on any atom is 0.435 e. The van der Waals surface area contributed by atoms with Crippen LogP contribution in [0.2, 0.25) is 0 Å². The molecule has 0 aromatic heterocycles. The van der Waals surface area contributed by atoms with Crippen molar-refractivity contribution in [2.45, 2.75) is 5.25 Å². The van der Waals surface area contributed by atoms with Crippen LogP contribution in [-0.4, -0.2) is 69.2 Å². The number of nitrogens with zero attached hydrogens (tertiary/aromatic N) is 2. The molecule has 0 saturated carbocycles. The first-order valence-electron chi connectivity index (χ1n) is 4.88. The normalized spacial score (nSPS) is 18.5. The van der Waals surface area contributed by atoms with Crippen LogP contribution in [0.5, 0.6) is 0 Å². The lowest BCUT2D eigenvalue weighted by Gasteiger charge is -2.30. The Bertz CT molecular complexity index is 390. The molecule has 1 saturated heterocycles. The molecule has 17 heavy (non-hydrogen) atoms. The highest BCUT2D eigenvalue weighted by Crippen LogP contribution is 2.26. The van der Waals surface area contributed by atoms with E-state index < -0.39 is 21.2 Å². The predicted octanol–water partition coefficient (Wildman–Crippen LogP) is -0.671. The van der Waals surface area contributed by atoms with Gasteiger partial charge in [0.05, 0.1) is 13.2 Å². The Morgan fingerprint density at radius 3 is 2.18 bits per heavy atom. The number of hydrogen-bond acceptors (Lipinski definition) is 4. The zero-order chi connectivity index (χ0) is 13.3. The molecule has 0 aliphatic carbocycles. The van der Waals surface area contributed by atoms with E-state index in [4.69, 9.17) is 4.74 Å². The van der Waals surface area contributed by atoms with Crippen molar-refractivity contribution < 1.29 is 26.7 Å². The van der Waals surface area contributed by atoms with Crippen molar-refractivity contribution in [1.82, 2.24) is 9.21 Å². The summed E-state index contributed by atoms with van der Waals surface area (Å²) in [6.07, 6.45) is 0. The average molecular weight is 272 g/mol. The maximum absolute atomic E-state index is 13.6. The molecule has 0 spiro atoms. The van der Waals surface area contributed by atoms with E-state index in [1.54, 1.807) is 0 Å². The van der Waals surface area contributed by atoms with Gasteiger partial charge in [0.2, 0.25) is 0 Å². The van der Waals surface area contributed by atoms with E-state index in [0.29, 0.717) is 4.31 Å². The standard InChI is InChI=1S/C8H14F2N2O4S/c1-11(2)17(14,15)8(9,10)7(13)12-3-5-16-6-4-12/h3-6H2,1-2H3. The van der Waals surface area contributed by atoms with Gasteiger partial charge in [-0.15, -0.1) is 0 Å². The van der Waals surface area contributed by atoms with Crippen molar-refractivity contribution in [1.29, 1.82) is 0 Å². The summed E-state index contributed by atoms with van der Waals surface area (Å²) in [5.74, 6) is -1.70.